The van der Waals surface area contributed by atoms with Gasteiger partial charge in [0.05, 0.1) is 12.3 Å². The Hall–Kier alpha value is -2.40. The minimum atomic E-state index is -0.340. The minimum Gasteiger partial charge on any atom is -0.391 e. The number of hydrogen-bond donors (Lipinski definition) is 2. The van der Waals surface area contributed by atoms with Crippen LogP contribution in [0.4, 0.5) is 5.69 Å². The van der Waals surface area contributed by atoms with Crippen molar-refractivity contribution in [1.82, 2.24) is 4.98 Å². The van der Waals surface area contributed by atoms with Gasteiger partial charge < -0.3 is 15.0 Å². The second-order valence-electron chi connectivity index (χ2n) is 5.19. The number of rotatable bonds is 3. The van der Waals surface area contributed by atoms with E-state index < -0.39 is 0 Å². The lowest BCUT2D eigenvalue weighted by atomic mass is 9.99. The zero-order valence-corrected chi connectivity index (χ0v) is 11.5. The molecule has 0 bridgehead atoms. The molecule has 108 valence electrons. The first-order valence-corrected chi connectivity index (χ1v) is 6.87. The number of aliphatic hydroxyl groups excluding tert-OH is 1. The Balaban J connectivity index is 1.87. The molecule has 0 saturated carbocycles. The molecular weight excluding hydrogens is 268 g/mol. The third-order valence-corrected chi connectivity index (χ3v) is 3.84. The Labute approximate surface area is 121 Å². The fourth-order valence-electron chi connectivity index (χ4n) is 2.70. The van der Waals surface area contributed by atoms with Gasteiger partial charge >= 0.3 is 0 Å². The number of nitrogens with zero attached hydrogens (tertiary/aromatic N) is 1. The fraction of sp³-hybridized carbons (Fsp3) is 0.250. The summed E-state index contributed by atoms with van der Waals surface area (Å²) in [5, 5.41) is 9.16. The van der Waals surface area contributed by atoms with Gasteiger partial charge in [-0.2, -0.15) is 0 Å². The Morgan fingerprint density at radius 2 is 2.00 bits per heavy atom. The average molecular weight is 284 g/mol. The van der Waals surface area contributed by atoms with Gasteiger partial charge in [-0.25, -0.2) is 0 Å². The lowest BCUT2D eigenvalue weighted by Gasteiger charge is -2.17. The number of aliphatic hydroxyl groups is 1. The predicted octanol–water partition coefficient (Wildman–Crippen LogP) is 1.39. The Kier molecular flexibility index (Phi) is 3.58. The van der Waals surface area contributed by atoms with Crippen molar-refractivity contribution in [3.63, 3.8) is 0 Å². The van der Waals surface area contributed by atoms with E-state index in [2.05, 4.69) is 4.98 Å². The quantitative estimate of drug-likeness (QED) is 0.894. The molecule has 2 heterocycles. The minimum absolute atomic E-state index is 0.0276. The van der Waals surface area contributed by atoms with Crippen LogP contribution in [0.3, 0.4) is 0 Å². The highest BCUT2D eigenvalue weighted by atomic mass is 16.3. The highest BCUT2D eigenvalue weighted by Crippen LogP contribution is 2.31. The summed E-state index contributed by atoms with van der Waals surface area (Å²) in [6.07, 6.45) is 1.98. The van der Waals surface area contributed by atoms with Crippen LogP contribution in [-0.2, 0) is 11.4 Å². The Morgan fingerprint density at radius 3 is 2.71 bits per heavy atom. The maximum absolute atomic E-state index is 12.2. The van der Waals surface area contributed by atoms with E-state index in [0.717, 1.165) is 5.56 Å². The molecule has 1 amide bonds. The van der Waals surface area contributed by atoms with Crippen molar-refractivity contribution >= 4 is 11.6 Å². The fourth-order valence-corrected chi connectivity index (χ4v) is 2.70. The van der Waals surface area contributed by atoms with Crippen molar-refractivity contribution in [1.29, 1.82) is 0 Å². The molecule has 0 radical (unpaired) electrons. The molecule has 5 nitrogen and oxygen atoms in total. The molecule has 0 aliphatic carbocycles. The van der Waals surface area contributed by atoms with E-state index in [1.54, 1.807) is 11.0 Å². The van der Waals surface area contributed by atoms with Crippen LogP contribution < -0.4 is 10.5 Å². The summed E-state index contributed by atoms with van der Waals surface area (Å²) in [4.78, 5) is 27.9. The van der Waals surface area contributed by atoms with Gasteiger partial charge in [0, 0.05) is 30.6 Å². The van der Waals surface area contributed by atoms with Crippen LogP contribution in [0.1, 0.15) is 23.5 Å². The van der Waals surface area contributed by atoms with Gasteiger partial charge in [0.15, 0.2) is 0 Å². The first-order chi connectivity index (χ1) is 10.2. The number of benzene rings is 1. The van der Waals surface area contributed by atoms with Gasteiger partial charge in [-0.15, -0.1) is 0 Å². The second-order valence-corrected chi connectivity index (χ2v) is 5.19. The standard InChI is InChI=1S/C16H16N2O3/c19-10-13-6-14(8-17-16(13)21)18-9-12(7-15(18)20)11-4-2-1-3-5-11/h1-6,8,12,19H,7,9-10H2,(H,17,21)/t12-/m1/s1. The topological polar surface area (TPSA) is 73.4 Å². The summed E-state index contributed by atoms with van der Waals surface area (Å²) in [6.45, 7) is 0.243. The van der Waals surface area contributed by atoms with E-state index in [0.29, 0.717) is 18.7 Å². The zero-order chi connectivity index (χ0) is 14.8. The van der Waals surface area contributed by atoms with Crippen molar-refractivity contribution < 1.29 is 9.90 Å². The summed E-state index contributed by atoms with van der Waals surface area (Å²) >= 11 is 0. The molecule has 21 heavy (non-hydrogen) atoms. The number of pyridine rings is 1. The van der Waals surface area contributed by atoms with E-state index >= 15 is 0 Å². The van der Waals surface area contributed by atoms with Crippen molar-refractivity contribution in [2.24, 2.45) is 0 Å². The van der Waals surface area contributed by atoms with Gasteiger partial charge in [0.25, 0.3) is 5.56 Å². The summed E-state index contributed by atoms with van der Waals surface area (Å²) in [5.41, 5.74) is 1.71. The first kappa shape index (κ1) is 13.6. The number of carbonyl (C=O) groups excluding carboxylic acids is 1. The first-order valence-electron chi connectivity index (χ1n) is 6.87. The van der Waals surface area contributed by atoms with E-state index in [9.17, 15) is 9.59 Å². The van der Waals surface area contributed by atoms with Crippen LogP contribution in [0.2, 0.25) is 0 Å². The third kappa shape index (κ3) is 2.60. The van der Waals surface area contributed by atoms with E-state index in [1.807, 2.05) is 30.3 Å². The van der Waals surface area contributed by atoms with Gasteiger partial charge in [0.1, 0.15) is 0 Å². The second kappa shape index (κ2) is 5.54. The lowest BCUT2D eigenvalue weighted by molar-refractivity contribution is -0.117. The van der Waals surface area contributed by atoms with Crippen LogP contribution in [0.25, 0.3) is 0 Å². The van der Waals surface area contributed by atoms with Gasteiger partial charge in [-0.3, -0.25) is 9.59 Å². The van der Waals surface area contributed by atoms with Crippen molar-refractivity contribution in [2.75, 3.05) is 11.4 Å². The predicted molar refractivity (Wildman–Crippen MR) is 79.1 cm³/mol. The highest BCUT2D eigenvalue weighted by molar-refractivity contribution is 5.96. The number of amides is 1. The molecule has 1 fully saturated rings. The largest absolute Gasteiger partial charge is 0.391 e. The van der Waals surface area contributed by atoms with Crippen LogP contribution in [0, 0.1) is 0 Å². The number of aromatic amines is 1. The summed E-state index contributed by atoms with van der Waals surface area (Å²) in [6, 6.07) is 11.5. The SMILES string of the molecule is O=C1C[C@@H](c2ccccc2)CN1c1c[nH]c(=O)c(CO)c1. The van der Waals surface area contributed by atoms with Gasteiger partial charge in [-0.05, 0) is 11.6 Å². The van der Waals surface area contributed by atoms with E-state index in [-0.39, 0.29) is 29.6 Å². The molecule has 1 aromatic heterocycles. The smallest absolute Gasteiger partial charge is 0.253 e. The van der Waals surface area contributed by atoms with Crippen molar-refractivity contribution in [3.8, 4) is 0 Å². The molecule has 0 unspecified atom stereocenters. The molecule has 2 N–H and O–H groups in total. The molecular formula is C16H16N2O3. The molecule has 1 aliphatic rings. The van der Waals surface area contributed by atoms with E-state index in [1.165, 1.54) is 6.20 Å². The molecule has 2 aromatic rings. The number of nitrogens with one attached hydrogen (secondary N) is 1. The summed E-state index contributed by atoms with van der Waals surface area (Å²) < 4.78 is 0. The van der Waals surface area contributed by atoms with Gasteiger partial charge in [-0.1, -0.05) is 30.3 Å². The maximum atomic E-state index is 12.2. The third-order valence-electron chi connectivity index (χ3n) is 3.84. The molecule has 1 aromatic carbocycles. The van der Waals surface area contributed by atoms with Crippen molar-refractivity contribution in [3.05, 3.63) is 64.1 Å². The number of H-pyrrole nitrogens is 1. The summed E-state index contributed by atoms with van der Waals surface area (Å²) in [7, 11) is 0. The molecule has 1 aliphatic heterocycles. The maximum Gasteiger partial charge on any atom is 0.253 e. The monoisotopic (exact) mass is 284 g/mol. The highest BCUT2D eigenvalue weighted by Gasteiger charge is 2.31. The Bertz CT molecular complexity index is 709. The number of hydrogen-bond acceptors (Lipinski definition) is 3. The van der Waals surface area contributed by atoms with Crippen LogP contribution in [-0.4, -0.2) is 22.5 Å². The Morgan fingerprint density at radius 1 is 1.24 bits per heavy atom. The molecule has 0 spiro atoms. The summed E-state index contributed by atoms with van der Waals surface area (Å²) in [5.74, 6) is 0.183. The number of aromatic nitrogens is 1. The molecule has 5 heteroatoms. The number of anilines is 1. The van der Waals surface area contributed by atoms with Crippen LogP contribution in [0.15, 0.2) is 47.4 Å². The van der Waals surface area contributed by atoms with Crippen LogP contribution in [0.5, 0.6) is 0 Å². The molecule has 3 rings (SSSR count). The average Bonchev–Trinajstić information content (AvgIpc) is 2.91. The molecule has 1 atom stereocenters. The zero-order valence-electron chi connectivity index (χ0n) is 11.5. The van der Waals surface area contributed by atoms with E-state index in [4.69, 9.17) is 5.11 Å². The number of carbonyl (C=O) groups is 1. The van der Waals surface area contributed by atoms with Gasteiger partial charge in [0.2, 0.25) is 5.91 Å². The van der Waals surface area contributed by atoms with Crippen molar-refractivity contribution in [2.45, 2.75) is 18.9 Å². The van der Waals surface area contributed by atoms with Crippen LogP contribution >= 0.6 is 0 Å². The normalized spacial score (nSPS) is 18.2. The molecule has 1 saturated heterocycles. The lowest BCUT2D eigenvalue weighted by Crippen LogP contribution is -2.26.